The molecule has 1 aliphatic carbocycles. The number of hydrogen-bond donors (Lipinski definition) is 0. The Kier molecular flexibility index (Phi) is 4.88. The van der Waals surface area contributed by atoms with E-state index in [0.29, 0.717) is 5.41 Å². The van der Waals surface area contributed by atoms with Gasteiger partial charge >= 0.3 is 0 Å². The summed E-state index contributed by atoms with van der Waals surface area (Å²) in [6.07, 6.45) is 7.14. The van der Waals surface area contributed by atoms with Gasteiger partial charge in [0.1, 0.15) is 0 Å². The van der Waals surface area contributed by atoms with E-state index in [9.17, 15) is 0 Å². The van der Waals surface area contributed by atoms with Crippen molar-refractivity contribution >= 4 is 0 Å². The first-order valence-corrected chi connectivity index (χ1v) is 7.46. The summed E-state index contributed by atoms with van der Waals surface area (Å²) >= 11 is 0. The van der Waals surface area contributed by atoms with Gasteiger partial charge in [0.25, 0.3) is 0 Å². The number of hydrogen-bond acceptors (Lipinski definition) is 0. The summed E-state index contributed by atoms with van der Waals surface area (Å²) in [6.45, 7) is 14.6. The lowest BCUT2D eigenvalue weighted by molar-refractivity contribution is 0.0602. The molecule has 0 radical (unpaired) electrons. The molecular formula is C16H32. The van der Waals surface area contributed by atoms with E-state index in [4.69, 9.17) is 0 Å². The van der Waals surface area contributed by atoms with Crippen molar-refractivity contribution in [3.63, 3.8) is 0 Å². The number of rotatable bonds is 5. The van der Waals surface area contributed by atoms with E-state index in [-0.39, 0.29) is 0 Å². The van der Waals surface area contributed by atoms with Crippen LogP contribution in [0, 0.1) is 29.1 Å². The summed E-state index contributed by atoms with van der Waals surface area (Å²) in [5.41, 5.74) is 0.619. The highest BCUT2D eigenvalue weighted by Crippen LogP contribution is 2.56. The summed E-state index contributed by atoms with van der Waals surface area (Å²) in [5.74, 6) is 3.70. The molecule has 0 spiro atoms. The normalized spacial score (nSPS) is 36.9. The lowest BCUT2D eigenvalue weighted by atomic mass is 9.62. The standard InChI is InChI=1S/C16H32/c1-7-14-9-10-15(8-2)16(14,6)13(5)11-12(3)4/h12-15H,7-11H2,1-6H3/t13-,14-,15+,16?/m1/s1. The zero-order valence-corrected chi connectivity index (χ0v) is 12.3. The second kappa shape index (κ2) is 5.56. The third-order valence-electron chi connectivity index (χ3n) is 5.50. The lowest BCUT2D eigenvalue weighted by Gasteiger charge is -2.43. The Morgan fingerprint density at radius 1 is 1.00 bits per heavy atom. The molecule has 1 unspecified atom stereocenters. The van der Waals surface area contributed by atoms with Gasteiger partial charge in [-0.25, -0.2) is 0 Å². The molecule has 0 aromatic rings. The van der Waals surface area contributed by atoms with Crippen molar-refractivity contribution in [1.29, 1.82) is 0 Å². The van der Waals surface area contributed by atoms with Crippen LogP contribution in [0.5, 0.6) is 0 Å². The molecule has 0 N–H and O–H groups in total. The van der Waals surface area contributed by atoms with Gasteiger partial charge in [-0.3, -0.25) is 0 Å². The summed E-state index contributed by atoms with van der Waals surface area (Å²) in [6, 6.07) is 0. The van der Waals surface area contributed by atoms with E-state index in [2.05, 4.69) is 41.5 Å². The second-order valence-electron chi connectivity index (χ2n) is 6.68. The third-order valence-corrected chi connectivity index (χ3v) is 5.50. The fraction of sp³-hybridized carbons (Fsp3) is 1.00. The van der Waals surface area contributed by atoms with Gasteiger partial charge in [0.15, 0.2) is 0 Å². The smallest absolute Gasteiger partial charge is 0.0244 e. The van der Waals surface area contributed by atoms with Crippen LogP contribution in [0.25, 0.3) is 0 Å². The van der Waals surface area contributed by atoms with Gasteiger partial charge in [-0.1, -0.05) is 54.4 Å². The van der Waals surface area contributed by atoms with Crippen molar-refractivity contribution < 1.29 is 0 Å². The van der Waals surface area contributed by atoms with Crippen molar-refractivity contribution in [2.24, 2.45) is 29.1 Å². The van der Waals surface area contributed by atoms with E-state index in [1.165, 1.54) is 32.1 Å². The zero-order chi connectivity index (χ0) is 12.3. The fourth-order valence-corrected chi connectivity index (χ4v) is 4.41. The average molecular weight is 224 g/mol. The van der Waals surface area contributed by atoms with Gasteiger partial charge in [-0.2, -0.15) is 0 Å². The van der Waals surface area contributed by atoms with E-state index in [1.807, 2.05) is 0 Å². The zero-order valence-electron chi connectivity index (χ0n) is 12.3. The lowest BCUT2D eigenvalue weighted by Crippen LogP contribution is -2.36. The molecule has 1 rings (SSSR count). The van der Waals surface area contributed by atoms with Crippen molar-refractivity contribution in [3.8, 4) is 0 Å². The minimum absolute atomic E-state index is 0.619. The average Bonchev–Trinajstić information content (AvgIpc) is 2.55. The highest BCUT2D eigenvalue weighted by Gasteiger charge is 2.47. The van der Waals surface area contributed by atoms with Crippen molar-refractivity contribution in [1.82, 2.24) is 0 Å². The molecule has 0 heterocycles. The first-order valence-electron chi connectivity index (χ1n) is 7.46. The van der Waals surface area contributed by atoms with Crippen LogP contribution in [0.3, 0.4) is 0 Å². The van der Waals surface area contributed by atoms with Crippen LogP contribution in [0.4, 0.5) is 0 Å². The molecule has 4 atom stereocenters. The van der Waals surface area contributed by atoms with Gasteiger partial charge in [-0.15, -0.1) is 0 Å². The minimum atomic E-state index is 0.619. The van der Waals surface area contributed by atoms with Gasteiger partial charge in [0, 0.05) is 0 Å². The second-order valence-corrected chi connectivity index (χ2v) is 6.68. The molecule has 0 amide bonds. The SMILES string of the molecule is CC[C@@H]1CC[C@H](CC)C1(C)[C@H](C)CC(C)C. The molecule has 16 heavy (non-hydrogen) atoms. The predicted octanol–water partition coefficient (Wildman–Crippen LogP) is 5.52. The van der Waals surface area contributed by atoms with Crippen LogP contribution in [-0.2, 0) is 0 Å². The van der Waals surface area contributed by atoms with E-state index < -0.39 is 0 Å². The van der Waals surface area contributed by atoms with Crippen LogP contribution in [0.2, 0.25) is 0 Å². The van der Waals surface area contributed by atoms with E-state index >= 15 is 0 Å². The van der Waals surface area contributed by atoms with Crippen LogP contribution in [0.1, 0.15) is 73.6 Å². The molecule has 0 saturated heterocycles. The van der Waals surface area contributed by atoms with Gasteiger partial charge in [-0.05, 0) is 48.3 Å². The minimum Gasteiger partial charge on any atom is -0.0651 e. The maximum absolute atomic E-state index is 2.59. The summed E-state index contributed by atoms with van der Waals surface area (Å²) in [7, 11) is 0. The maximum atomic E-state index is 2.59. The van der Waals surface area contributed by atoms with Crippen molar-refractivity contribution in [2.45, 2.75) is 73.6 Å². The third kappa shape index (κ3) is 2.46. The van der Waals surface area contributed by atoms with E-state index in [1.54, 1.807) is 0 Å². The molecule has 0 aliphatic heterocycles. The summed E-state index contributed by atoms with van der Waals surface area (Å²) in [5, 5.41) is 0. The molecule has 1 aliphatic rings. The Morgan fingerprint density at radius 3 is 1.75 bits per heavy atom. The Balaban J connectivity index is 2.82. The summed E-state index contributed by atoms with van der Waals surface area (Å²) < 4.78 is 0. The summed E-state index contributed by atoms with van der Waals surface area (Å²) in [4.78, 5) is 0. The van der Waals surface area contributed by atoms with Gasteiger partial charge < -0.3 is 0 Å². The Morgan fingerprint density at radius 2 is 1.44 bits per heavy atom. The van der Waals surface area contributed by atoms with Crippen LogP contribution in [-0.4, -0.2) is 0 Å². The molecule has 0 heteroatoms. The highest BCUT2D eigenvalue weighted by atomic mass is 14.5. The quantitative estimate of drug-likeness (QED) is 0.576. The molecule has 96 valence electrons. The molecular weight excluding hydrogens is 192 g/mol. The Hall–Kier alpha value is 0. The van der Waals surface area contributed by atoms with Crippen LogP contribution < -0.4 is 0 Å². The topological polar surface area (TPSA) is 0 Å². The first-order chi connectivity index (χ1) is 7.46. The van der Waals surface area contributed by atoms with Crippen molar-refractivity contribution in [2.75, 3.05) is 0 Å². The molecule has 0 aromatic carbocycles. The van der Waals surface area contributed by atoms with Crippen LogP contribution >= 0.6 is 0 Å². The largest absolute Gasteiger partial charge is 0.0651 e. The van der Waals surface area contributed by atoms with E-state index in [0.717, 1.165) is 23.7 Å². The predicted molar refractivity (Wildman–Crippen MR) is 73.5 cm³/mol. The molecule has 0 bridgehead atoms. The monoisotopic (exact) mass is 224 g/mol. The maximum Gasteiger partial charge on any atom is -0.0244 e. The van der Waals surface area contributed by atoms with Crippen molar-refractivity contribution in [3.05, 3.63) is 0 Å². The first kappa shape index (κ1) is 14.1. The molecule has 1 fully saturated rings. The van der Waals surface area contributed by atoms with Gasteiger partial charge in [0.2, 0.25) is 0 Å². The van der Waals surface area contributed by atoms with Gasteiger partial charge in [0.05, 0.1) is 0 Å². The molecule has 0 aromatic heterocycles. The van der Waals surface area contributed by atoms with Crippen LogP contribution in [0.15, 0.2) is 0 Å². The Bertz CT molecular complexity index is 192. The highest BCUT2D eigenvalue weighted by molar-refractivity contribution is 4.96. The molecule has 1 saturated carbocycles. The Labute approximate surface area is 103 Å². The molecule has 0 nitrogen and oxygen atoms in total. The fourth-order valence-electron chi connectivity index (χ4n) is 4.41.